The second kappa shape index (κ2) is 23.6. The molecule has 3 amide bonds. The van der Waals surface area contributed by atoms with Crippen LogP contribution in [0.25, 0.3) is 27.6 Å². The maximum Gasteiger partial charge on any atom is 0.325 e. The molecule has 2 unspecified atom stereocenters. The van der Waals surface area contributed by atoms with E-state index < -0.39 is 53.3 Å². The molecule has 11 rings (SSSR count). The highest BCUT2D eigenvalue weighted by Gasteiger charge is 2.54. The lowest BCUT2D eigenvalue weighted by molar-refractivity contribution is -0.164. The van der Waals surface area contributed by atoms with Gasteiger partial charge in [-0.05, 0) is 110 Å². The number of carbonyl (C=O) groups is 4. The summed E-state index contributed by atoms with van der Waals surface area (Å²) in [5, 5.41) is 17.2. The van der Waals surface area contributed by atoms with Gasteiger partial charge in [-0.1, -0.05) is 69.3 Å². The Balaban J connectivity index is 0.959. The molecule has 3 N–H and O–H groups in total. The van der Waals surface area contributed by atoms with Gasteiger partial charge in [0.1, 0.15) is 30.0 Å². The van der Waals surface area contributed by atoms with Crippen molar-refractivity contribution in [1.29, 1.82) is 0 Å². The number of phenols is 1. The topological polar surface area (TPSA) is 180 Å². The van der Waals surface area contributed by atoms with Gasteiger partial charge in [-0.2, -0.15) is 0 Å². The van der Waals surface area contributed by atoms with E-state index in [0.717, 1.165) is 115 Å². The predicted molar refractivity (Wildman–Crippen MR) is 311 cm³/mol. The largest absolute Gasteiger partial charge is 0.508 e. The third-order valence-electron chi connectivity index (χ3n) is 18.6. The Labute approximate surface area is 476 Å². The maximum atomic E-state index is 15.2. The lowest BCUT2D eigenvalue weighted by Crippen LogP contribution is -2.63. The van der Waals surface area contributed by atoms with Gasteiger partial charge in [-0.25, -0.2) is 5.43 Å². The molecule has 17 nitrogen and oxygen atoms in total. The van der Waals surface area contributed by atoms with Crippen molar-refractivity contribution >= 4 is 46.4 Å². The van der Waals surface area contributed by atoms with Crippen LogP contribution < -0.4 is 10.7 Å². The van der Waals surface area contributed by atoms with Crippen LogP contribution in [0.4, 0.5) is 0 Å². The number of cyclic esters (lactones) is 1. The van der Waals surface area contributed by atoms with E-state index in [9.17, 15) is 19.5 Å². The summed E-state index contributed by atoms with van der Waals surface area (Å²) in [4.78, 5) is 70.8. The minimum Gasteiger partial charge on any atom is -0.508 e. The van der Waals surface area contributed by atoms with Crippen molar-refractivity contribution in [3.63, 3.8) is 0 Å². The van der Waals surface area contributed by atoms with Gasteiger partial charge in [-0.3, -0.25) is 39.0 Å². The predicted octanol–water partition coefficient (Wildman–Crippen LogP) is 6.76. The van der Waals surface area contributed by atoms with E-state index in [2.05, 4.69) is 83.8 Å². The number of hydrazine groups is 1. The highest BCUT2D eigenvalue weighted by atomic mass is 16.5. The summed E-state index contributed by atoms with van der Waals surface area (Å²) in [7, 11) is 3.33. The highest BCUT2D eigenvalue weighted by molar-refractivity contribution is 5.96. The number of nitrogens with one attached hydrogen (secondary N) is 2. The number of aliphatic imine (C=N–C) groups is 1. The van der Waals surface area contributed by atoms with Crippen molar-refractivity contribution in [2.45, 2.75) is 128 Å². The van der Waals surface area contributed by atoms with Crippen LogP contribution in [0.5, 0.6) is 5.75 Å². The third kappa shape index (κ3) is 11.5. The Morgan fingerprint density at radius 2 is 1.75 bits per heavy atom. The van der Waals surface area contributed by atoms with Gasteiger partial charge >= 0.3 is 5.97 Å². The number of aromatic nitrogens is 1. The van der Waals surface area contributed by atoms with Gasteiger partial charge < -0.3 is 38.8 Å². The number of rotatable bonds is 13. The van der Waals surface area contributed by atoms with E-state index in [-0.39, 0.29) is 54.6 Å². The monoisotopic (exact) mass is 1110 g/mol. The first-order valence-corrected chi connectivity index (χ1v) is 29.5. The molecule has 1 saturated carbocycles. The number of ether oxygens (including phenoxy) is 4. The van der Waals surface area contributed by atoms with E-state index in [4.69, 9.17) is 23.9 Å². The lowest BCUT2D eigenvalue weighted by atomic mass is 9.83. The highest BCUT2D eigenvalue weighted by Crippen LogP contribution is 2.46. The number of phenolic OH excluding ortho intramolecular Hbond substituents is 1. The van der Waals surface area contributed by atoms with Crippen LogP contribution in [0.15, 0.2) is 90.1 Å². The number of aryl methyl sites for hydroxylation is 1. The van der Waals surface area contributed by atoms with E-state index in [1.165, 1.54) is 9.91 Å². The first-order valence-electron chi connectivity index (χ1n) is 29.5. The molecule has 81 heavy (non-hydrogen) atoms. The fraction of sp³-hybridized carbons (Fsp3) is 0.547. The molecule has 4 saturated heterocycles. The molecule has 3 aromatic carbocycles. The molecule has 17 heteroatoms. The quantitative estimate of drug-likeness (QED) is 0.0949. The van der Waals surface area contributed by atoms with Gasteiger partial charge in [0.15, 0.2) is 0 Å². The zero-order chi connectivity index (χ0) is 56.9. The van der Waals surface area contributed by atoms with Crippen molar-refractivity contribution in [3.8, 4) is 16.9 Å². The van der Waals surface area contributed by atoms with Crippen LogP contribution in [0.3, 0.4) is 0 Å². The molecule has 0 radical (unpaired) electrons. The smallest absolute Gasteiger partial charge is 0.325 e. The number of methoxy groups -OCH3 is 1. The number of benzene rings is 3. The molecule has 4 aromatic rings. The number of carbonyl (C=O) groups excluding carboxylic acids is 4. The molecule has 0 spiro atoms. The average Bonchev–Trinajstić information content (AvgIpc) is 4.42. The molecule has 6 bridgehead atoms. The number of hydrogen-bond acceptors (Lipinski definition) is 13. The number of hydrogen-bond donors (Lipinski definition) is 3. The fourth-order valence-corrected chi connectivity index (χ4v) is 13.7. The zero-order valence-corrected chi connectivity index (χ0v) is 48.3. The van der Waals surface area contributed by atoms with Crippen molar-refractivity contribution in [2.24, 2.45) is 28.2 Å². The fourth-order valence-electron chi connectivity index (χ4n) is 13.7. The van der Waals surface area contributed by atoms with Gasteiger partial charge in [0.25, 0.3) is 11.8 Å². The second-order valence-corrected chi connectivity index (χ2v) is 24.6. The Bertz CT molecular complexity index is 3090. The molecule has 1 aliphatic carbocycles. The molecule has 10 atom stereocenters. The van der Waals surface area contributed by atoms with E-state index in [1.807, 2.05) is 43.3 Å². The molecular formula is C64H82N8O9. The third-order valence-corrected chi connectivity index (χ3v) is 18.6. The Morgan fingerprint density at radius 3 is 2.46 bits per heavy atom. The molecule has 432 valence electrons. The van der Waals surface area contributed by atoms with Gasteiger partial charge in [0.05, 0.1) is 30.7 Å². The zero-order valence-electron chi connectivity index (χ0n) is 48.3. The Kier molecular flexibility index (Phi) is 16.5. The minimum atomic E-state index is -1.19. The van der Waals surface area contributed by atoms with Crippen molar-refractivity contribution in [3.05, 3.63) is 107 Å². The molecule has 7 heterocycles. The SMILES string of the molecule is C=C[C@@H](C)[C@@H](C(=O)N[C@H]1Cc2cc(O)cc(c2)-c2ccc3c(c2)c(c(C2=C([C@H](C)OC)N=CC(N4CCN(C5CCOCC5)CC4)C2)n3CC)CC(C)(C)COC(=O)[C@H]2NN(CC3C[C@@H]32)C1=O)N(C)C(=O)[C@@H]1OC[C@@H]1c1ccccc1. The normalized spacial score (nSPS) is 27.5. The Morgan fingerprint density at radius 1 is 1.00 bits per heavy atom. The van der Waals surface area contributed by atoms with Crippen molar-refractivity contribution < 1.29 is 43.2 Å². The lowest BCUT2D eigenvalue weighted by Gasteiger charge is -2.43. The molecule has 5 fully saturated rings. The van der Waals surface area contributed by atoms with E-state index >= 15 is 4.79 Å². The van der Waals surface area contributed by atoms with Crippen LogP contribution in [-0.4, -0.2) is 175 Å². The number of fused-ring (bicyclic) bond motifs is 8. The Hall–Kier alpha value is -6.21. The molecule has 1 aromatic heterocycles. The number of piperazine rings is 1. The van der Waals surface area contributed by atoms with Gasteiger partial charge in [-0.15, -0.1) is 6.58 Å². The number of likely N-dealkylation sites (N-methyl/N-ethyl adjacent to an activating group) is 1. The summed E-state index contributed by atoms with van der Waals surface area (Å²) in [6, 6.07) is 19.1. The average molecular weight is 1110 g/mol. The second-order valence-electron chi connectivity index (χ2n) is 24.6. The number of nitrogens with zero attached hydrogens (tertiary/aromatic N) is 6. The van der Waals surface area contributed by atoms with Crippen LogP contribution in [0, 0.1) is 23.2 Å². The van der Waals surface area contributed by atoms with Crippen LogP contribution in [-0.2, 0) is 57.5 Å². The molecular weight excluding hydrogens is 1020 g/mol. The first-order chi connectivity index (χ1) is 39.0. The molecule has 7 aliphatic rings. The first kappa shape index (κ1) is 56.6. The van der Waals surface area contributed by atoms with Gasteiger partial charge in [0, 0.05) is 125 Å². The number of esters is 1. The van der Waals surface area contributed by atoms with E-state index in [0.29, 0.717) is 37.7 Å². The number of amides is 3. The summed E-state index contributed by atoms with van der Waals surface area (Å²) in [6.07, 6.45) is 6.88. The maximum absolute atomic E-state index is 15.2. The summed E-state index contributed by atoms with van der Waals surface area (Å²) >= 11 is 0. The van der Waals surface area contributed by atoms with Gasteiger partial charge in [0.2, 0.25) is 5.91 Å². The van der Waals surface area contributed by atoms with Crippen LogP contribution in [0.1, 0.15) is 88.6 Å². The standard InChI is InChI=1S/C64H82N8O9/c1-9-38(3)57(68(7)62(76)59-52(36-80-59)41-14-12-11-13-15-41)60(74)66-53-28-40-26-43(29-47(73)27-40)42-16-17-54-49(30-42)51(33-64(5,6)37-81-63(77)56-48-31-44(48)35-72(67-56)61(53)75)58(71(54)10-2)50-32-46(34-65-55(50)39(4)78-8)70-22-20-69(21-23-70)45-18-24-79-25-19-45/h9,11-17,26-27,29-30,34,38-39,44-46,48,52-53,56-57,59,67,73H,1,10,18-25,28,31-33,35-37H2,2-8H3,(H,66,74)/t38-,39+,44?,46?,48+,52-,53+,56+,57+,59-/m1/s1. The molecule has 6 aliphatic heterocycles. The summed E-state index contributed by atoms with van der Waals surface area (Å²) < 4.78 is 26.4. The van der Waals surface area contributed by atoms with E-state index in [1.54, 1.807) is 32.4 Å². The minimum absolute atomic E-state index is 0.00225. The van der Waals surface area contributed by atoms with Crippen molar-refractivity contribution in [1.82, 2.24) is 35.0 Å². The van der Waals surface area contributed by atoms with Crippen LogP contribution in [0.2, 0.25) is 0 Å². The van der Waals surface area contributed by atoms with Crippen molar-refractivity contribution in [2.75, 3.05) is 73.3 Å². The number of aromatic hydroxyl groups is 1. The summed E-state index contributed by atoms with van der Waals surface area (Å²) in [6.45, 7) is 21.4. The van der Waals surface area contributed by atoms with Crippen LogP contribution >= 0.6 is 0 Å². The summed E-state index contributed by atoms with van der Waals surface area (Å²) in [5.74, 6) is -2.45. The summed E-state index contributed by atoms with van der Waals surface area (Å²) in [5.41, 5.74) is 11.2.